The van der Waals surface area contributed by atoms with Gasteiger partial charge in [-0.15, -0.1) is 0 Å². The van der Waals surface area contributed by atoms with E-state index >= 15 is 0 Å². The van der Waals surface area contributed by atoms with Crippen LogP contribution in [-0.2, 0) is 7.05 Å². The molecule has 6 heteroatoms. The van der Waals surface area contributed by atoms with Crippen LogP contribution in [0.3, 0.4) is 0 Å². The molecule has 166 valence electrons. The fraction of sp³-hybridized carbons (Fsp3) is 0.423. The maximum absolute atomic E-state index is 12.6. The van der Waals surface area contributed by atoms with Gasteiger partial charge in [-0.2, -0.15) is 5.26 Å². The molecular formula is C26H30N4O2. The van der Waals surface area contributed by atoms with E-state index in [0.717, 1.165) is 42.9 Å². The monoisotopic (exact) mass is 430 g/mol. The molecule has 32 heavy (non-hydrogen) atoms. The molecule has 2 atom stereocenters. The highest BCUT2D eigenvalue weighted by Crippen LogP contribution is 2.32. The average Bonchev–Trinajstić information content (AvgIpc) is 2.81. The van der Waals surface area contributed by atoms with Gasteiger partial charge in [-0.25, -0.2) is 4.98 Å². The molecule has 0 N–H and O–H groups in total. The van der Waals surface area contributed by atoms with Crippen LogP contribution in [0.5, 0.6) is 5.75 Å². The van der Waals surface area contributed by atoms with Crippen LogP contribution >= 0.6 is 0 Å². The van der Waals surface area contributed by atoms with Gasteiger partial charge < -0.3 is 14.2 Å². The number of anilines is 1. The summed E-state index contributed by atoms with van der Waals surface area (Å²) in [6.45, 7) is 8.11. The highest BCUT2D eigenvalue weighted by atomic mass is 16.5. The van der Waals surface area contributed by atoms with Gasteiger partial charge in [0.1, 0.15) is 29.1 Å². The van der Waals surface area contributed by atoms with Gasteiger partial charge in [0.15, 0.2) is 0 Å². The highest BCUT2D eigenvalue weighted by Gasteiger charge is 2.31. The van der Waals surface area contributed by atoms with Crippen LogP contribution in [0, 0.1) is 17.2 Å². The number of rotatable bonds is 5. The second-order valence-electron chi connectivity index (χ2n) is 8.89. The van der Waals surface area contributed by atoms with Crippen LogP contribution in [0.4, 0.5) is 5.69 Å². The lowest BCUT2D eigenvalue weighted by Gasteiger charge is -2.39. The number of benzene rings is 1. The largest absolute Gasteiger partial charge is 0.490 e. The number of aryl methyl sites for hydroxylation is 1. The molecule has 0 spiro atoms. The smallest absolute Gasteiger partial charge is 0.252 e. The number of ether oxygens (including phenoxy) is 1. The molecule has 1 aliphatic heterocycles. The van der Waals surface area contributed by atoms with Crippen molar-refractivity contribution in [1.82, 2.24) is 9.55 Å². The second kappa shape index (κ2) is 9.04. The van der Waals surface area contributed by atoms with Crippen molar-refractivity contribution in [2.45, 2.75) is 45.6 Å². The summed E-state index contributed by atoms with van der Waals surface area (Å²) in [7, 11) is 1.74. The standard InChI is InChI=1S/C26H30N4O2/c1-5-18-16-30(12-11-24(18)32-21-8-6-7-19(13-21)17(2)3)23-14-25(31)29(4)22-10-9-20(15-27)28-26(22)23/h6-10,13-14,17-18,24H,5,11-12,16H2,1-4H3/t18-,24-/m0/s1. The maximum atomic E-state index is 12.6. The van der Waals surface area contributed by atoms with Gasteiger partial charge in [-0.1, -0.05) is 32.9 Å². The molecule has 1 fully saturated rings. The fourth-order valence-corrected chi connectivity index (χ4v) is 4.51. The van der Waals surface area contributed by atoms with Crippen molar-refractivity contribution >= 4 is 16.7 Å². The van der Waals surface area contributed by atoms with Crippen LogP contribution < -0.4 is 15.2 Å². The van der Waals surface area contributed by atoms with Gasteiger partial charge in [-0.05, 0) is 42.2 Å². The Morgan fingerprint density at radius 3 is 2.78 bits per heavy atom. The summed E-state index contributed by atoms with van der Waals surface area (Å²) in [5.41, 5.74) is 3.80. The minimum atomic E-state index is -0.0732. The van der Waals surface area contributed by atoms with E-state index in [-0.39, 0.29) is 11.7 Å². The average molecular weight is 431 g/mol. The Hall–Kier alpha value is -3.33. The predicted molar refractivity (Wildman–Crippen MR) is 127 cm³/mol. The lowest BCUT2D eigenvalue weighted by Crippen LogP contribution is -2.46. The molecule has 0 saturated carbocycles. The molecule has 0 radical (unpaired) electrons. The van der Waals surface area contributed by atoms with Crippen molar-refractivity contribution in [3.05, 3.63) is 64.1 Å². The number of piperidine rings is 1. The third kappa shape index (κ3) is 4.20. The number of nitriles is 1. The Balaban J connectivity index is 1.62. The molecular weight excluding hydrogens is 400 g/mol. The molecule has 1 aliphatic rings. The van der Waals surface area contributed by atoms with E-state index in [0.29, 0.717) is 23.0 Å². The summed E-state index contributed by atoms with van der Waals surface area (Å²) in [6.07, 6.45) is 1.96. The van der Waals surface area contributed by atoms with E-state index in [2.05, 4.69) is 54.9 Å². The number of aromatic nitrogens is 2. The Kier molecular flexibility index (Phi) is 6.18. The van der Waals surface area contributed by atoms with E-state index in [1.165, 1.54) is 5.56 Å². The molecule has 3 aromatic rings. The van der Waals surface area contributed by atoms with Gasteiger partial charge in [0.2, 0.25) is 0 Å². The van der Waals surface area contributed by atoms with Gasteiger partial charge in [-0.3, -0.25) is 4.79 Å². The third-order valence-electron chi connectivity index (χ3n) is 6.52. The third-order valence-corrected chi connectivity index (χ3v) is 6.52. The van der Waals surface area contributed by atoms with Crippen molar-refractivity contribution in [2.75, 3.05) is 18.0 Å². The van der Waals surface area contributed by atoms with Crippen molar-refractivity contribution in [3.63, 3.8) is 0 Å². The molecule has 2 aromatic heterocycles. The molecule has 1 aromatic carbocycles. The van der Waals surface area contributed by atoms with Crippen LogP contribution in [0.2, 0.25) is 0 Å². The predicted octanol–water partition coefficient (Wildman–Crippen LogP) is 4.61. The van der Waals surface area contributed by atoms with Crippen molar-refractivity contribution in [1.29, 1.82) is 5.26 Å². The molecule has 1 saturated heterocycles. The minimum Gasteiger partial charge on any atom is -0.490 e. The fourth-order valence-electron chi connectivity index (χ4n) is 4.51. The quantitative estimate of drug-likeness (QED) is 0.591. The second-order valence-corrected chi connectivity index (χ2v) is 8.89. The molecule has 0 aliphatic carbocycles. The number of fused-ring (bicyclic) bond motifs is 1. The van der Waals surface area contributed by atoms with Crippen LogP contribution in [0.15, 0.2) is 47.3 Å². The van der Waals surface area contributed by atoms with Gasteiger partial charge in [0.25, 0.3) is 5.56 Å². The van der Waals surface area contributed by atoms with E-state index in [4.69, 9.17) is 4.74 Å². The summed E-state index contributed by atoms with van der Waals surface area (Å²) in [6, 6.07) is 15.6. The first-order chi connectivity index (χ1) is 15.4. The molecule has 6 nitrogen and oxygen atoms in total. The van der Waals surface area contributed by atoms with Gasteiger partial charge in [0.05, 0.1) is 11.2 Å². The normalized spacial score (nSPS) is 18.7. The summed E-state index contributed by atoms with van der Waals surface area (Å²) in [5.74, 6) is 1.71. The minimum absolute atomic E-state index is 0.0732. The summed E-state index contributed by atoms with van der Waals surface area (Å²) >= 11 is 0. The molecule has 3 heterocycles. The molecule has 0 unspecified atom stereocenters. The highest BCUT2D eigenvalue weighted by molar-refractivity contribution is 5.88. The van der Waals surface area contributed by atoms with Crippen LogP contribution in [0.1, 0.15) is 50.8 Å². The van der Waals surface area contributed by atoms with E-state index in [9.17, 15) is 10.1 Å². The number of pyridine rings is 2. The van der Waals surface area contributed by atoms with Crippen LogP contribution in [0.25, 0.3) is 11.0 Å². The first kappa shape index (κ1) is 21.9. The van der Waals surface area contributed by atoms with Crippen molar-refractivity contribution in [3.8, 4) is 11.8 Å². The SMILES string of the molecule is CC[C@H]1CN(c2cc(=O)n(C)c3ccc(C#N)nc23)CC[C@@H]1Oc1cccc(C(C)C)c1. The van der Waals surface area contributed by atoms with Gasteiger partial charge >= 0.3 is 0 Å². The Morgan fingerprint density at radius 2 is 2.06 bits per heavy atom. The summed E-state index contributed by atoms with van der Waals surface area (Å²) in [5, 5.41) is 9.32. The summed E-state index contributed by atoms with van der Waals surface area (Å²) < 4.78 is 8.03. The Morgan fingerprint density at radius 1 is 1.25 bits per heavy atom. The molecule has 0 bridgehead atoms. The van der Waals surface area contributed by atoms with E-state index in [1.54, 1.807) is 29.8 Å². The Bertz CT molecular complexity index is 1220. The molecule has 4 rings (SSSR count). The maximum Gasteiger partial charge on any atom is 0.252 e. The van der Waals surface area contributed by atoms with Crippen LogP contribution in [-0.4, -0.2) is 28.7 Å². The summed E-state index contributed by atoms with van der Waals surface area (Å²) in [4.78, 5) is 19.4. The zero-order valence-electron chi connectivity index (χ0n) is 19.2. The topological polar surface area (TPSA) is 71.2 Å². The van der Waals surface area contributed by atoms with E-state index in [1.807, 2.05) is 6.07 Å². The first-order valence-corrected chi connectivity index (χ1v) is 11.3. The van der Waals surface area contributed by atoms with Gasteiger partial charge in [0, 0.05) is 38.5 Å². The number of hydrogen-bond acceptors (Lipinski definition) is 5. The molecule has 0 amide bonds. The van der Waals surface area contributed by atoms with Crippen molar-refractivity contribution < 1.29 is 4.74 Å². The zero-order chi connectivity index (χ0) is 22.8. The Labute approximate surface area is 189 Å². The van der Waals surface area contributed by atoms with Crippen molar-refractivity contribution in [2.24, 2.45) is 13.0 Å². The lowest BCUT2D eigenvalue weighted by atomic mass is 9.91. The zero-order valence-corrected chi connectivity index (χ0v) is 19.2. The first-order valence-electron chi connectivity index (χ1n) is 11.3. The number of hydrogen-bond donors (Lipinski definition) is 0. The lowest BCUT2D eigenvalue weighted by molar-refractivity contribution is 0.109. The van der Waals surface area contributed by atoms with E-state index < -0.39 is 0 Å². The number of nitrogens with zero attached hydrogens (tertiary/aromatic N) is 4.